The molecule has 2 aromatic rings. The number of aromatic nitrogens is 2. The maximum Gasteiger partial charge on any atom is 0.397 e. The molecule has 138 valence electrons. The first-order valence-electron chi connectivity index (χ1n) is 8.20. The fraction of sp³-hybridized carbons (Fsp3) is 0.353. The van der Waals surface area contributed by atoms with Crippen LogP contribution in [-0.4, -0.2) is 35.4 Å². The molecule has 9 heteroatoms. The number of benzene rings is 1. The standard InChI is InChI=1S/C17H18F3N5O/c18-17(19,20)10-16(26)23-13-5-3-12(4-6-13)22-15-9-14(11-21-24-15)25-7-1-2-8-25/h3-6,9,11H,1-2,7-8,10H2,(H,22,24)(H,23,26). The fourth-order valence-corrected chi connectivity index (χ4v) is 2.74. The molecule has 2 heterocycles. The average Bonchev–Trinajstić information content (AvgIpc) is 3.10. The van der Waals surface area contributed by atoms with Crippen molar-refractivity contribution < 1.29 is 18.0 Å². The minimum atomic E-state index is -4.52. The average molecular weight is 365 g/mol. The first-order valence-corrected chi connectivity index (χ1v) is 8.20. The molecule has 0 radical (unpaired) electrons. The zero-order chi connectivity index (χ0) is 18.6. The number of nitrogens with one attached hydrogen (secondary N) is 2. The van der Waals surface area contributed by atoms with E-state index >= 15 is 0 Å². The van der Waals surface area contributed by atoms with Gasteiger partial charge in [0.2, 0.25) is 5.91 Å². The first-order chi connectivity index (χ1) is 12.4. The van der Waals surface area contributed by atoms with Crippen LogP contribution < -0.4 is 15.5 Å². The van der Waals surface area contributed by atoms with Gasteiger partial charge in [-0.25, -0.2) is 0 Å². The Morgan fingerprint density at radius 1 is 1.12 bits per heavy atom. The molecular weight excluding hydrogens is 347 g/mol. The molecule has 0 bridgehead atoms. The zero-order valence-electron chi connectivity index (χ0n) is 13.9. The van der Waals surface area contributed by atoms with Crippen molar-refractivity contribution in [3.8, 4) is 0 Å². The normalized spacial score (nSPS) is 14.3. The number of halogens is 3. The second-order valence-corrected chi connectivity index (χ2v) is 6.04. The summed E-state index contributed by atoms with van der Waals surface area (Å²) in [5.41, 5.74) is 1.98. The van der Waals surface area contributed by atoms with Crippen molar-refractivity contribution in [1.29, 1.82) is 0 Å². The van der Waals surface area contributed by atoms with Gasteiger partial charge >= 0.3 is 6.18 Å². The summed E-state index contributed by atoms with van der Waals surface area (Å²) >= 11 is 0. The van der Waals surface area contributed by atoms with Gasteiger partial charge in [-0.15, -0.1) is 5.10 Å². The Hall–Kier alpha value is -2.84. The van der Waals surface area contributed by atoms with Crippen LogP contribution in [0.25, 0.3) is 0 Å². The number of amides is 1. The maximum atomic E-state index is 12.2. The molecule has 0 aliphatic carbocycles. The lowest BCUT2D eigenvalue weighted by atomic mass is 10.2. The summed E-state index contributed by atoms with van der Waals surface area (Å²) in [5, 5.41) is 13.3. The van der Waals surface area contributed by atoms with Crippen LogP contribution >= 0.6 is 0 Å². The Morgan fingerprint density at radius 2 is 1.77 bits per heavy atom. The van der Waals surface area contributed by atoms with Crippen LogP contribution in [-0.2, 0) is 4.79 Å². The largest absolute Gasteiger partial charge is 0.397 e. The monoisotopic (exact) mass is 365 g/mol. The number of hydrogen-bond donors (Lipinski definition) is 2. The number of alkyl halides is 3. The van der Waals surface area contributed by atoms with Gasteiger partial charge in [0, 0.05) is 30.5 Å². The molecule has 6 nitrogen and oxygen atoms in total. The smallest absolute Gasteiger partial charge is 0.370 e. The lowest BCUT2D eigenvalue weighted by Crippen LogP contribution is -2.21. The molecule has 1 aromatic carbocycles. The molecule has 2 N–H and O–H groups in total. The van der Waals surface area contributed by atoms with E-state index in [0.717, 1.165) is 31.6 Å². The molecule has 1 saturated heterocycles. The van der Waals surface area contributed by atoms with Crippen molar-refractivity contribution in [1.82, 2.24) is 10.2 Å². The summed E-state index contributed by atoms with van der Waals surface area (Å²) in [5.74, 6) is -0.523. The third-order valence-corrected chi connectivity index (χ3v) is 3.91. The molecule has 1 aliphatic heterocycles. The van der Waals surface area contributed by atoms with Crippen LogP contribution in [0.4, 0.5) is 36.1 Å². The molecule has 0 unspecified atom stereocenters. The number of hydrogen-bond acceptors (Lipinski definition) is 5. The molecule has 0 saturated carbocycles. The number of anilines is 4. The number of nitrogens with zero attached hydrogens (tertiary/aromatic N) is 3. The molecule has 0 spiro atoms. The Bertz CT molecular complexity index is 758. The van der Waals surface area contributed by atoms with Crippen molar-refractivity contribution in [3.05, 3.63) is 36.5 Å². The minimum Gasteiger partial charge on any atom is -0.370 e. The van der Waals surface area contributed by atoms with E-state index in [1.54, 1.807) is 18.3 Å². The molecule has 3 rings (SSSR count). The van der Waals surface area contributed by atoms with Crippen LogP contribution in [0.2, 0.25) is 0 Å². The molecule has 1 fully saturated rings. The van der Waals surface area contributed by atoms with Gasteiger partial charge in [0.05, 0.1) is 11.9 Å². The van der Waals surface area contributed by atoms with Crippen molar-refractivity contribution in [3.63, 3.8) is 0 Å². The summed E-state index contributed by atoms with van der Waals surface area (Å²) in [7, 11) is 0. The summed E-state index contributed by atoms with van der Waals surface area (Å²) in [6.07, 6.45) is -1.99. The summed E-state index contributed by atoms with van der Waals surface area (Å²) in [6.45, 7) is 1.99. The Kier molecular flexibility index (Phi) is 5.24. The topological polar surface area (TPSA) is 70.2 Å². The second-order valence-electron chi connectivity index (χ2n) is 6.04. The Morgan fingerprint density at radius 3 is 2.42 bits per heavy atom. The van der Waals surface area contributed by atoms with E-state index in [0.29, 0.717) is 17.2 Å². The van der Waals surface area contributed by atoms with Crippen molar-refractivity contribution in [2.45, 2.75) is 25.4 Å². The van der Waals surface area contributed by atoms with E-state index in [2.05, 4.69) is 25.7 Å². The highest BCUT2D eigenvalue weighted by Crippen LogP contribution is 2.24. The van der Waals surface area contributed by atoms with Crippen molar-refractivity contribution in [2.24, 2.45) is 0 Å². The van der Waals surface area contributed by atoms with E-state index < -0.39 is 18.5 Å². The van der Waals surface area contributed by atoms with Gasteiger partial charge in [-0.2, -0.15) is 18.3 Å². The predicted molar refractivity (Wildman–Crippen MR) is 92.5 cm³/mol. The summed E-state index contributed by atoms with van der Waals surface area (Å²) < 4.78 is 36.5. The first kappa shape index (κ1) is 18.0. The highest BCUT2D eigenvalue weighted by molar-refractivity contribution is 5.91. The predicted octanol–water partition coefficient (Wildman–Crippen LogP) is 3.71. The van der Waals surface area contributed by atoms with Crippen LogP contribution in [0, 0.1) is 0 Å². The minimum absolute atomic E-state index is 0.293. The van der Waals surface area contributed by atoms with Crippen LogP contribution in [0.15, 0.2) is 36.5 Å². The fourth-order valence-electron chi connectivity index (χ4n) is 2.74. The maximum absolute atomic E-state index is 12.2. The van der Waals surface area contributed by atoms with Crippen molar-refractivity contribution >= 4 is 28.8 Å². The van der Waals surface area contributed by atoms with Crippen LogP contribution in [0.1, 0.15) is 19.3 Å². The van der Waals surface area contributed by atoms with Gasteiger partial charge in [0.15, 0.2) is 5.82 Å². The van der Waals surface area contributed by atoms with E-state index in [1.165, 1.54) is 12.1 Å². The quantitative estimate of drug-likeness (QED) is 0.845. The van der Waals surface area contributed by atoms with Gasteiger partial charge in [0.1, 0.15) is 6.42 Å². The van der Waals surface area contributed by atoms with Gasteiger partial charge in [-0.3, -0.25) is 4.79 Å². The van der Waals surface area contributed by atoms with Crippen LogP contribution in [0.5, 0.6) is 0 Å². The number of carbonyl (C=O) groups excluding carboxylic acids is 1. The van der Waals surface area contributed by atoms with Gasteiger partial charge in [0.25, 0.3) is 0 Å². The number of rotatable bonds is 5. The van der Waals surface area contributed by atoms with Gasteiger partial charge in [-0.05, 0) is 37.1 Å². The lowest BCUT2D eigenvalue weighted by Gasteiger charge is -2.17. The third-order valence-electron chi connectivity index (χ3n) is 3.91. The van der Waals surface area contributed by atoms with E-state index in [-0.39, 0.29) is 0 Å². The molecule has 0 atom stereocenters. The summed E-state index contributed by atoms with van der Waals surface area (Å²) in [4.78, 5) is 13.5. The van der Waals surface area contributed by atoms with Crippen molar-refractivity contribution in [2.75, 3.05) is 28.6 Å². The van der Waals surface area contributed by atoms with E-state index in [1.807, 2.05) is 6.07 Å². The van der Waals surface area contributed by atoms with E-state index in [9.17, 15) is 18.0 Å². The van der Waals surface area contributed by atoms with Crippen LogP contribution in [0.3, 0.4) is 0 Å². The summed E-state index contributed by atoms with van der Waals surface area (Å²) in [6, 6.07) is 8.24. The van der Waals surface area contributed by atoms with Gasteiger partial charge in [-0.1, -0.05) is 0 Å². The third kappa shape index (κ3) is 5.08. The lowest BCUT2D eigenvalue weighted by molar-refractivity contribution is -0.150. The SMILES string of the molecule is O=C(CC(F)(F)F)Nc1ccc(Nc2cc(N3CCCC3)cnn2)cc1. The highest BCUT2D eigenvalue weighted by atomic mass is 19.4. The second kappa shape index (κ2) is 7.59. The molecule has 1 amide bonds. The van der Waals surface area contributed by atoms with E-state index in [4.69, 9.17) is 0 Å². The van der Waals surface area contributed by atoms with Gasteiger partial charge < -0.3 is 15.5 Å². The molecule has 26 heavy (non-hydrogen) atoms. The zero-order valence-corrected chi connectivity index (χ0v) is 13.9. The molecule has 1 aliphatic rings. The Labute approximate surface area is 148 Å². The highest BCUT2D eigenvalue weighted by Gasteiger charge is 2.31. The number of carbonyl (C=O) groups is 1. The molecular formula is C17H18F3N5O. The Balaban J connectivity index is 1.61. The molecule has 1 aromatic heterocycles.